The van der Waals surface area contributed by atoms with Gasteiger partial charge in [0, 0.05) is 0 Å². The molecule has 5 heteroatoms. The zero-order valence-electron chi connectivity index (χ0n) is 6.82. The second kappa shape index (κ2) is 7.46. The zero-order chi connectivity index (χ0) is 9.44. The normalized spacial score (nSPS) is 11.8. The van der Waals surface area contributed by atoms with Gasteiger partial charge in [0.1, 0.15) is 6.04 Å². The largest absolute Gasteiger partial charge is 0.480 e. The lowest BCUT2D eigenvalue weighted by Gasteiger charge is -2.07. The maximum absolute atomic E-state index is 10.1. The summed E-state index contributed by atoms with van der Waals surface area (Å²) in [5.41, 5.74) is 5.22. The van der Waals surface area contributed by atoms with Crippen molar-refractivity contribution in [2.75, 3.05) is 0 Å². The van der Waals surface area contributed by atoms with E-state index in [0.29, 0.717) is 12.3 Å². The zero-order valence-corrected chi connectivity index (χ0v) is 6.82. The molecule has 0 saturated heterocycles. The number of aliphatic carboxylic acids is 1. The van der Waals surface area contributed by atoms with Crippen LogP contribution in [0.2, 0.25) is 0 Å². The van der Waals surface area contributed by atoms with Gasteiger partial charge in [0.05, 0.1) is 0 Å². The monoisotopic (exact) mass is 164 g/mol. The highest BCUT2D eigenvalue weighted by Crippen LogP contribution is 2.01. The van der Waals surface area contributed by atoms with E-state index in [9.17, 15) is 4.79 Å². The summed E-state index contributed by atoms with van der Waals surface area (Å²) in [6, 6.07) is -0.690. The molecule has 0 aliphatic carbocycles. The van der Waals surface area contributed by atoms with Gasteiger partial charge in [0.15, 0.2) is 0 Å². The van der Waals surface area contributed by atoms with E-state index >= 15 is 0 Å². The van der Waals surface area contributed by atoms with Crippen LogP contribution < -0.4 is 11.6 Å². The van der Waals surface area contributed by atoms with Gasteiger partial charge in [-0.3, -0.25) is 4.79 Å². The molecule has 0 aromatic carbocycles. The Morgan fingerprint density at radius 3 is 1.91 bits per heavy atom. The van der Waals surface area contributed by atoms with Crippen LogP contribution in [0.3, 0.4) is 0 Å². The van der Waals surface area contributed by atoms with Crippen molar-refractivity contribution in [2.24, 2.45) is 17.5 Å². The van der Waals surface area contributed by atoms with Crippen molar-refractivity contribution in [1.29, 1.82) is 0 Å². The maximum atomic E-state index is 10.1. The molecule has 1 unspecified atom stereocenters. The summed E-state index contributed by atoms with van der Waals surface area (Å²) in [7, 11) is 0. The van der Waals surface area contributed by atoms with E-state index in [4.69, 9.17) is 16.0 Å². The Balaban J connectivity index is 0. The molecule has 0 spiro atoms. The molecule has 0 aliphatic heterocycles. The summed E-state index contributed by atoms with van der Waals surface area (Å²) in [4.78, 5) is 10.1. The SMILES string of the molecule is CC(C)CC(N)C(=O)O.NO. The smallest absolute Gasteiger partial charge is 0.320 e. The van der Waals surface area contributed by atoms with Gasteiger partial charge in [0.2, 0.25) is 0 Å². The van der Waals surface area contributed by atoms with Crippen LogP contribution in [0.4, 0.5) is 0 Å². The Hall–Kier alpha value is -0.650. The van der Waals surface area contributed by atoms with Crippen LogP contribution in [0.1, 0.15) is 20.3 Å². The average Bonchev–Trinajstić information content (AvgIpc) is 1.90. The highest BCUT2D eigenvalue weighted by atomic mass is 16.4. The van der Waals surface area contributed by atoms with Gasteiger partial charge in [-0.2, -0.15) is 0 Å². The summed E-state index contributed by atoms with van der Waals surface area (Å²) in [5, 5.41) is 14.8. The highest BCUT2D eigenvalue weighted by molar-refractivity contribution is 5.72. The third-order valence-electron chi connectivity index (χ3n) is 1.04. The number of nitrogens with two attached hydrogens (primary N) is 2. The summed E-state index contributed by atoms with van der Waals surface area (Å²) in [6.45, 7) is 3.89. The lowest BCUT2D eigenvalue weighted by molar-refractivity contribution is -0.138. The van der Waals surface area contributed by atoms with Crippen LogP contribution in [0.25, 0.3) is 0 Å². The van der Waals surface area contributed by atoms with Crippen molar-refractivity contribution in [1.82, 2.24) is 0 Å². The first-order chi connectivity index (χ1) is 5.04. The molecule has 0 saturated carbocycles. The van der Waals surface area contributed by atoms with Crippen molar-refractivity contribution < 1.29 is 15.1 Å². The molecule has 0 aromatic rings. The summed E-state index contributed by atoms with van der Waals surface area (Å²) in [5.74, 6) is 2.94. The Bertz CT molecular complexity index is 106. The second-order valence-corrected chi connectivity index (χ2v) is 2.57. The third-order valence-corrected chi connectivity index (χ3v) is 1.04. The average molecular weight is 164 g/mol. The van der Waals surface area contributed by atoms with Crippen LogP contribution in [0, 0.1) is 5.92 Å². The van der Waals surface area contributed by atoms with Gasteiger partial charge < -0.3 is 16.0 Å². The quantitative estimate of drug-likeness (QED) is 0.431. The van der Waals surface area contributed by atoms with Gasteiger partial charge in [-0.15, -0.1) is 0 Å². The molecule has 0 aromatic heterocycles. The number of rotatable bonds is 3. The van der Waals surface area contributed by atoms with Gasteiger partial charge in [-0.25, -0.2) is 5.90 Å². The molecule has 5 nitrogen and oxygen atoms in total. The van der Waals surface area contributed by atoms with Crippen molar-refractivity contribution >= 4 is 5.97 Å². The Labute approximate surface area is 66.0 Å². The molecule has 68 valence electrons. The molecule has 0 amide bonds. The van der Waals surface area contributed by atoms with Crippen molar-refractivity contribution in [3.05, 3.63) is 0 Å². The fourth-order valence-electron chi connectivity index (χ4n) is 0.609. The maximum Gasteiger partial charge on any atom is 0.320 e. The standard InChI is InChI=1S/C6H13NO2.H3NO/c1-4(2)3-5(7)6(8)9;1-2/h4-5H,3,7H2,1-2H3,(H,8,9);2H,1H2. The number of hydrogen-bond acceptors (Lipinski definition) is 4. The second-order valence-electron chi connectivity index (χ2n) is 2.57. The van der Waals surface area contributed by atoms with Crippen molar-refractivity contribution in [3.63, 3.8) is 0 Å². The Morgan fingerprint density at radius 2 is 1.82 bits per heavy atom. The van der Waals surface area contributed by atoms with Crippen LogP contribution in [0.15, 0.2) is 0 Å². The Kier molecular flexibility index (Phi) is 8.80. The predicted octanol–water partition coefficient (Wildman–Crippen LogP) is -0.221. The van der Waals surface area contributed by atoms with E-state index in [0.717, 1.165) is 0 Å². The van der Waals surface area contributed by atoms with Gasteiger partial charge >= 0.3 is 5.97 Å². The van der Waals surface area contributed by atoms with Crippen molar-refractivity contribution in [2.45, 2.75) is 26.3 Å². The summed E-state index contributed by atoms with van der Waals surface area (Å²) < 4.78 is 0. The van der Waals surface area contributed by atoms with E-state index in [1.54, 1.807) is 0 Å². The molecule has 6 N–H and O–H groups in total. The van der Waals surface area contributed by atoms with E-state index < -0.39 is 12.0 Å². The molecule has 0 radical (unpaired) electrons. The van der Waals surface area contributed by atoms with Crippen molar-refractivity contribution in [3.8, 4) is 0 Å². The lowest BCUT2D eigenvalue weighted by Crippen LogP contribution is -2.31. The van der Waals surface area contributed by atoms with E-state index in [2.05, 4.69) is 5.90 Å². The molecular weight excluding hydrogens is 148 g/mol. The first-order valence-corrected chi connectivity index (χ1v) is 3.28. The molecular formula is C6H16N2O3. The molecule has 0 bridgehead atoms. The molecule has 0 aliphatic rings. The lowest BCUT2D eigenvalue weighted by atomic mass is 10.1. The molecule has 0 heterocycles. The van der Waals surface area contributed by atoms with E-state index in [1.165, 1.54) is 0 Å². The number of carbonyl (C=O) groups is 1. The third kappa shape index (κ3) is 9.35. The van der Waals surface area contributed by atoms with Crippen LogP contribution in [-0.2, 0) is 4.79 Å². The minimum atomic E-state index is -0.913. The number of carboxylic acids is 1. The fourth-order valence-corrected chi connectivity index (χ4v) is 0.609. The molecule has 0 fully saturated rings. The Morgan fingerprint density at radius 1 is 1.45 bits per heavy atom. The predicted molar refractivity (Wildman–Crippen MR) is 41.0 cm³/mol. The van der Waals surface area contributed by atoms with E-state index in [-0.39, 0.29) is 0 Å². The van der Waals surface area contributed by atoms with Crippen LogP contribution in [0.5, 0.6) is 0 Å². The first-order valence-electron chi connectivity index (χ1n) is 3.28. The topological polar surface area (TPSA) is 110 Å². The molecule has 1 atom stereocenters. The first kappa shape index (κ1) is 13.0. The van der Waals surface area contributed by atoms with Gasteiger partial charge in [-0.1, -0.05) is 13.8 Å². The summed E-state index contributed by atoms with van der Waals surface area (Å²) in [6.07, 6.45) is 0.551. The fraction of sp³-hybridized carbons (Fsp3) is 0.833. The van der Waals surface area contributed by atoms with Gasteiger partial charge in [0.25, 0.3) is 0 Å². The minimum Gasteiger partial charge on any atom is -0.480 e. The number of carboxylic acid groups (broad SMARTS) is 1. The van der Waals surface area contributed by atoms with Gasteiger partial charge in [-0.05, 0) is 12.3 Å². The molecule has 0 rings (SSSR count). The van der Waals surface area contributed by atoms with Crippen LogP contribution >= 0.6 is 0 Å². The van der Waals surface area contributed by atoms with Crippen LogP contribution in [-0.4, -0.2) is 22.3 Å². The van der Waals surface area contributed by atoms with E-state index in [1.807, 2.05) is 13.8 Å². The highest BCUT2D eigenvalue weighted by Gasteiger charge is 2.11. The summed E-state index contributed by atoms with van der Waals surface area (Å²) >= 11 is 0. The molecule has 11 heavy (non-hydrogen) atoms. The minimum absolute atomic E-state index is 0.357. The number of hydrogen-bond donors (Lipinski definition) is 4.